The molecule has 0 unspecified atom stereocenters. The van der Waals surface area contributed by atoms with Gasteiger partial charge in [0.15, 0.2) is 0 Å². The summed E-state index contributed by atoms with van der Waals surface area (Å²) in [6, 6.07) is 7.23. The van der Waals surface area contributed by atoms with Crippen LogP contribution in [0.3, 0.4) is 0 Å². The normalized spacial score (nSPS) is 17.2. The summed E-state index contributed by atoms with van der Waals surface area (Å²) >= 11 is 5.82. The van der Waals surface area contributed by atoms with E-state index in [-0.39, 0.29) is 5.91 Å². The fourth-order valence-electron chi connectivity index (χ4n) is 2.55. The van der Waals surface area contributed by atoms with Gasteiger partial charge in [0.2, 0.25) is 5.91 Å². The van der Waals surface area contributed by atoms with Crippen LogP contribution in [0.1, 0.15) is 38.5 Å². The SMILES string of the molecule is O=C(CCN1CCCCCCC1)Nc1ccc(Cl)cc1. The lowest BCUT2D eigenvalue weighted by molar-refractivity contribution is -0.116. The van der Waals surface area contributed by atoms with E-state index in [1.807, 2.05) is 12.1 Å². The zero-order valence-corrected chi connectivity index (χ0v) is 12.7. The first-order valence-electron chi connectivity index (χ1n) is 7.52. The highest BCUT2D eigenvalue weighted by molar-refractivity contribution is 6.30. The Morgan fingerprint density at radius 3 is 2.30 bits per heavy atom. The van der Waals surface area contributed by atoms with Crippen molar-refractivity contribution in [3.63, 3.8) is 0 Å². The molecule has 0 atom stereocenters. The minimum absolute atomic E-state index is 0.0781. The first kappa shape index (κ1) is 15.3. The minimum atomic E-state index is 0.0781. The Balaban J connectivity index is 1.72. The Kier molecular flexibility index (Phi) is 6.34. The highest BCUT2D eigenvalue weighted by Gasteiger charge is 2.10. The van der Waals surface area contributed by atoms with Crippen LogP contribution in [0.15, 0.2) is 24.3 Å². The Labute approximate surface area is 126 Å². The third kappa shape index (κ3) is 5.51. The number of carbonyl (C=O) groups excluding carboxylic acids is 1. The maximum Gasteiger partial charge on any atom is 0.225 e. The summed E-state index contributed by atoms with van der Waals surface area (Å²) in [5, 5.41) is 3.60. The second kappa shape index (κ2) is 8.28. The third-order valence-electron chi connectivity index (χ3n) is 3.73. The lowest BCUT2D eigenvalue weighted by atomic mass is 10.1. The molecule has 1 N–H and O–H groups in total. The van der Waals surface area contributed by atoms with Gasteiger partial charge in [0.25, 0.3) is 0 Å². The molecule has 1 amide bonds. The van der Waals surface area contributed by atoms with Gasteiger partial charge in [-0.2, -0.15) is 0 Å². The molecule has 4 heteroatoms. The molecule has 0 aromatic heterocycles. The smallest absolute Gasteiger partial charge is 0.225 e. The van der Waals surface area contributed by atoms with E-state index in [1.165, 1.54) is 32.1 Å². The van der Waals surface area contributed by atoms with Gasteiger partial charge in [-0.3, -0.25) is 4.79 Å². The van der Waals surface area contributed by atoms with Crippen LogP contribution < -0.4 is 5.32 Å². The van der Waals surface area contributed by atoms with Gasteiger partial charge in [-0.05, 0) is 50.2 Å². The first-order chi connectivity index (χ1) is 9.74. The van der Waals surface area contributed by atoms with Gasteiger partial charge in [0.05, 0.1) is 0 Å². The van der Waals surface area contributed by atoms with Crippen LogP contribution in [0.2, 0.25) is 5.02 Å². The summed E-state index contributed by atoms with van der Waals surface area (Å²) in [4.78, 5) is 14.3. The summed E-state index contributed by atoms with van der Waals surface area (Å²) in [6.07, 6.45) is 7.10. The maximum atomic E-state index is 11.9. The molecule has 2 rings (SSSR count). The molecular formula is C16H23ClN2O. The van der Waals surface area contributed by atoms with E-state index in [2.05, 4.69) is 10.2 Å². The Morgan fingerprint density at radius 1 is 1.05 bits per heavy atom. The second-order valence-corrected chi connectivity index (χ2v) is 5.85. The molecule has 3 nitrogen and oxygen atoms in total. The standard InChI is InChI=1S/C16H23ClN2O/c17-14-6-8-15(9-7-14)18-16(20)10-13-19-11-4-2-1-3-5-12-19/h6-9H,1-5,10-13H2,(H,18,20). The van der Waals surface area contributed by atoms with E-state index in [4.69, 9.17) is 11.6 Å². The van der Waals surface area contributed by atoms with E-state index in [0.717, 1.165) is 25.3 Å². The number of anilines is 1. The average Bonchev–Trinajstić information content (AvgIpc) is 2.40. The number of hydrogen-bond donors (Lipinski definition) is 1. The van der Waals surface area contributed by atoms with Gasteiger partial charge in [0.1, 0.15) is 0 Å². The number of likely N-dealkylation sites (tertiary alicyclic amines) is 1. The summed E-state index contributed by atoms with van der Waals surface area (Å²) in [5.41, 5.74) is 0.812. The third-order valence-corrected chi connectivity index (χ3v) is 3.98. The van der Waals surface area contributed by atoms with Crippen molar-refractivity contribution in [2.24, 2.45) is 0 Å². The number of amides is 1. The molecular weight excluding hydrogens is 272 g/mol. The molecule has 1 saturated heterocycles. The van der Waals surface area contributed by atoms with E-state index in [0.29, 0.717) is 11.4 Å². The lowest BCUT2D eigenvalue weighted by Gasteiger charge is -2.24. The number of carbonyl (C=O) groups is 1. The predicted octanol–water partition coefficient (Wildman–Crippen LogP) is 3.93. The molecule has 1 aliphatic rings. The van der Waals surface area contributed by atoms with Crippen molar-refractivity contribution in [3.8, 4) is 0 Å². The van der Waals surface area contributed by atoms with Crippen molar-refractivity contribution in [2.45, 2.75) is 38.5 Å². The number of rotatable bonds is 4. The van der Waals surface area contributed by atoms with Crippen LogP contribution in [0.5, 0.6) is 0 Å². The van der Waals surface area contributed by atoms with Gasteiger partial charge in [-0.25, -0.2) is 0 Å². The highest BCUT2D eigenvalue weighted by atomic mass is 35.5. The summed E-state index contributed by atoms with van der Waals surface area (Å²) in [7, 11) is 0. The Morgan fingerprint density at radius 2 is 1.65 bits per heavy atom. The number of nitrogens with zero attached hydrogens (tertiary/aromatic N) is 1. The second-order valence-electron chi connectivity index (χ2n) is 5.41. The Hall–Kier alpha value is -1.06. The maximum absolute atomic E-state index is 11.9. The molecule has 20 heavy (non-hydrogen) atoms. The van der Waals surface area contributed by atoms with Gasteiger partial charge in [-0.15, -0.1) is 0 Å². The fourth-order valence-corrected chi connectivity index (χ4v) is 2.68. The van der Waals surface area contributed by atoms with Crippen molar-refractivity contribution < 1.29 is 4.79 Å². The molecule has 1 heterocycles. The van der Waals surface area contributed by atoms with Crippen LogP contribution in [-0.2, 0) is 4.79 Å². The van der Waals surface area contributed by atoms with Crippen LogP contribution in [0, 0.1) is 0 Å². The molecule has 110 valence electrons. The number of benzene rings is 1. The van der Waals surface area contributed by atoms with Crippen LogP contribution in [-0.4, -0.2) is 30.4 Å². The molecule has 0 spiro atoms. The summed E-state index contributed by atoms with van der Waals surface area (Å²) in [5.74, 6) is 0.0781. The molecule has 0 radical (unpaired) electrons. The van der Waals surface area contributed by atoms with Crippen molar-refractivity contribution in [2.75, 3.05) is 25.0 Å². The average molecular weight is 295 g/mol. The zero-order valence-electron chi connectivity index (χ0n) is 11.9. The fraction of sp³-hybridized carbons (Fsp3) is 0.562. The van der Waals surface area contributed by atoms with Crippen molar-refractivity contribution in [3.05, 3.63) is 29.3 Å². The van der Waals surface area contributed by atoms with E-state index in [9.17, 15) is 4.79 Å². The van der Waals surface area contributed by atoms with E-state index in [1.54, 1.807) is 12.1 Å². The molecule has 0 aliphatic carbocycles. The molecule has 0 saturated carbocycles. The van der Waals surface area contributed by atoms with Gasteiger partial charge < -0.3 is 10.2 Å². The van der Waals surface area contributed by atoms with E-state index < -0.39 is 0 Å². The summed E-state index contributed by atoms with van der Waals surface area (Å²) < 4.78 is 0. The molecule has 0 bridgehead atoms. The van der Waals surface area contributed by atoms with Gasteiger partial charge in [0, 0.05) is 23.7 Å². The molecule has 1 aromatic carbocycles. The molecule has 1 fully saturated rings. The number of nitrogens with one attached hydrogen (secondary N) is 1. The Bertz CT molecular complexity index is 411. The summed E-state index contributed by atoms with van der Waals surface area (Å²) in [6.45, 7) is 3.13. The topological polar surface area (TPSA) is 32.3 Å². The zero-order chi connectivity index (χ0) is 14.2. The van der Waals surface area contributed by atoms with Crippen molar-refractivity contribution in [1.82, 2.24) is 4.90 Å². The van der Waals surface area contributed by atoms with Crippen molar-refractivity contribution in [1.29, 1.82) is 0 Å². The highest BCUT2D eigenvalue weighted by Crippen LogP contribution is 2.14. The molecule has 1 aliphatic heterocycles. The monoisotopic (exact) mass is 294 g/mol. The lowest BCUT2D eigenvalue weighted by Crippen LogP contribution is -2.30. The first-order valence-corrected chi connectivity index (χ1v) is 7.89. The number of halogens is 1. The van der Waals surface area contributed by atoms with Gasteiger partial charge >= 0.3 is 0 Å². The number of hydrogen-bond acceptors (Lipinski definition) is 2. The van der Waals surface area contributed by atoms with Crippen LogP contribution >= 0.6 is 11.6 Å². The molecule has 1 aromatic rings. The van der Waals surface area contributed by atoms with Crippen LogP contribution in [0.25, 0.3) is 0 Å². The van der Waals surface area contributed by atoms with Crippen LogP contribution in [0.4, 0.5) is 5.69 Å². The van der Waals surface area contributed by atoms with E-state index >= 15 is 0 Å². The largest absolute Gasteiger partial charge is 0.326 e. The van der Waals surface area contributed by atoms with Gasteiger partial charge in [-0.1, -0.05) is 30.9 Å². The van der Waals surface area contributed by atoms with Crippen molar-refractivity contribution >= 4 is 23.2 Å². The predicted molar refractivity (Wildman–Crippen MR) is 84.2 cm³/mol. The quantitative estimate of drug-likeness (QED) is 0.912. The minimum Gasteiger partial charge on any atom is -0.326 e.